The normalized spacial score (nSPS) is 11.3. The van der Waals surface area contributed by atoms with Crippen LogP contribution >= 0.6 is 11.6 Å². The number of aryl methyl sites for hydroxylation is 1. The van der Waals surface area contributed by atoms with Gasteiger partial charge in [0.1, 0.15) is 5.76 Å². The molecule has 142 valence electrons. The molecule has 0 saturated carbocycles. The molecular weight excluding hydrogens is 376 g/mol. The zero-order chi connectivity index (χ0) is 19.0. The minimum Gasteiger partial charge on any atom is -0.469 e. The average Bonchev–Trinajstić information content (AvgIpc) is 3.09. The van der Waals surface area contributed by atoms with Crippen molar-refractivity contribution in [3.05, 3.63) is 53.4 Å². The summed E-state index contributed by atoms with van der Waals surface area (Å²) in [5.74, 6) is 0.806. The average molecular weight is 399 g/mol. The Balaban J connectivity index is 1.74. The Hall–Kier alpha value is -1.99. The van der Waals surface area contributed by atoms with Gasteiger partial charge in [0.2, 0.25) is 15.9 Å². The molecule has 26 heavy (non-hydrogen) atoms. The number of anilines is 1. The van der Waals surface area contributed by atoms with Crippen molar-refractivity contribution in [3.8, 4) is 0 Å². The number of carbonyl (C=O) groups is 1. The Labute approximate surface area is 159 Å². The maximum Gasteiger partial charge on any atom is 0.232 e. The van der Waals surface area contributed by atoms with E-state index in [4.69, 9.17) is 16.0 Å². The highest BCUT2D eigenvalue weighted by atomic mass is 35.5. The molecule has 1 aromatic heterocycles. The predicted molar refractivity (Wildman–Crippen MR) is 103 cm³/mol. The minimum atomic E-state index is -3.43. The van der Waals surface area contributed by atoms with Crippen molar-refractivity contribution in [2.45, 2.75) is 25.7 Å². The molecule has 0 spiro atoms. The summed E-state index contributed by atoms with van der Waals surface area (Å²) in [6.07, 6.45) is 5.03. The van der Waals surface area contributed by atoms with Crippen LogP contribution in [0, 0.1) is 0 Å². The van der Waals surface area contributed by atoms with Crippen molar-refractivity contribution in [2.75, 3.05) is 23.7 Å². The summed E-state index contributed by atoms with van der Waals surface area (Å²) in [6, 6.07) is 10.3. The van der Waals surface area contributed by atoms with Crippen molar-refractivity contribution < 1.29 is 17.6 Å². The number of nitrogens with zero attached hydrogens (tertiary/aromatic N) is 1. The van der Waals surface area contributed by atoms with Gasteiger partial charge in [-0.3, -0.25) is 9.10 Å². The van der Waals surface area contributed by atoms with E-state index in [9.17, 15) is 13.2 Å². The highest BCUT2D eigenvalue weighted by molar-refractivity contribution is 7.92. The molecule has 0 saturated heterocycles. The minimum absolute atomic E-state index is 0.0889. The first kappa shape index (κ1) is 20.3. The Morgan fingerprint density at radius 3 is 2.54 bits per heavy atom. The van der Waals surface area contributed by atoms with E-state index in [0.29, 0.717) is 23.7 Å². The third-order valence-corrected chi connectivity index (χ3v) is 5.23. The Morgan fingerprint density at radius 2 is 1.92 bits per heavy atom. The second-order valence-electron chi connectivity index (χ2n) is 5.95. The molecule has 6 nitrogen and oxygen atoms in total. The van der Waals surface area contributed by atoms with Crippen molar-refractivity contribution in [1.82, 2.24) is 5.32 Å². The molecule has 0 aliphatic rings. The third-order valence-electron chi connectivity index (χ3n) is 3.78. The number of benzene rings is 1. The molecule has 0 radical (unpaired) electrons. The Morgan fingerprint density at radius 1 is 1.19 bits per heavy atom. The lowest BCUT2D eigenvalue weighted by atomic mass is 10.2. The second kappa shape index (κ2) is 9.64. The molecule has 0 bridgehead atoms. The molecule has 0 atom stereocenters. The van der Waals surface area contributed by atoms with E-state index in [1.165, 1.54) is 4.31 Å². The first-order valence-corrected chi connectivity index (χ1v) is 10.6. The number of furan rings is 1. The monoisotopic (exact) mass is 398 g/mol. The fourth-order valence-electron chi connectivity index (χ4n) is 2.51. The molecular formula is C18H23ClN2O4S. The molecule has 0 aliphatic carbocycles. The van der Waals surface area contributed by atoms with Crippen LogP contribution in [0.4, 0.5) is 5.69 Å². The number of rotatable bonds is 10. The van der Waals surface area contributed by atoms with E-state index in [2.05, 4.69) is 5.32 Å². The highest BCUT2D eigenvalue weighted by Crippen LogP contribution is 2.20. The Kier molecular flexibility index (Phi) is 7.53. The van der Waals surface area contributed by atoms with Gasteiger partial charge in [0.25, 0.3) is 0 Å². The van der Waals surface area contributed by atoms with Gasteiger partial charge >= 0.3 is 0 Å². The number of halogens is 1. The number of nitrogens with one attached hydrogen (secondary N) is 1. The van der Waals surface area contributed by atoms with Gasteiger partial charge in [0, 0.05) is 31.0 Å². The topological polar surface area (TPSA) is 79.6 Å². The van der Waals surface area contributed by atoms with Gasteiger partial charge in [0.15, 0.2) is 0 Å². The Bertz CT molecular complexity index is 789. The second-order valence-corrected chi connectivity index (χ2v) is 8.29. The molecule has 1 amide bonds. The van der Waals surface area contributed by atoms with Crippen molar-refractivity contribution >= 4 is 33.2 Å². The smallest absolute Gasteiger partial charge is 0.232 e. The number of carbonyl (C=O) groups excluding carboxylic acids is 1. The van der Waals surface area contributed by atoms with Gasteiger partial charge < -0.3 is 9.73 Å². The zero-order valence-electron chi connectivity index (χ0n) is 14.7. The van der Waals surface area contributed by atoms with Crippen LogP contribution in [0.1, 0.15) is 25.0 Å². The van der Waals surface area contributed by atoms with Crippen molar-refractivity contribution in [2.24, 2.45) is 0 Å². The van der Waals surface area contributed by atoms with Crippen LogP contribution in [0.2, 0.25) is 5.02 Å². The van der Waals surface area contributed by atoms with Crippen LogP contribution in [-0.4, -0.2) is 33.7 Å². The van der Waals surface area contributed by atoms with E-state index < -0.39 is 10.0 Å². The molecule has 0 aliphatic heterocycles. The van der Waals surface area contributed by atoms with Gasteiger partial charge in [-0.05, 0) is 49.2 Å². The number of hydrogen-bond donors (Lipinski definition) is 1. The molecule has 2 aromatic rings. The highest BCUT2D eigenvalue weighted by Gasteiger charge is 2.17. The van der Waals surface area contributed by atoms with Crippen molar-refractivity contribution in [1.29, 1.82) is 0 Å². The molecule has 0 fully saturated rings. The van der Waals surface area contributed by atoms with Crippen LogP contribution in [-0.2, 0) is 21.2 Å². The van der Waals surface area contributed by atoms with E-state index in [0.717, 1.165) is 24.9 Å². The van der Waals surface area contributed by atoms with Gasteiger partial charge in [-0.15, -0.1) is 0 Å². The molecule has 0 unspecified atom stereocenters. The summed E-state index contributed by atoms with van der Waals surface area (Å²) < 4.78 is 30.5. The summed E-state index contributed by atoms with van der Waals surface area (Å²) in [5, 5.41) is 3.38. The number of amides is 1. The molecule has 1 aromatic carbocycles. The molecule has 2 rings (SSSR count). The number of hydrogen-bond acceptors (Lipinski definition) is 4. The summed E-state index contributed by atoms with van der Waals surface area (Å²) in [4.78, 5) is 11.9. The summed E-state index contributed by atoms with van der Waals surface area (Å²) in [6.45, 7) is 0.798. The van der Waals surface area contributed by atoms with E-state index in [1.54, 1.807) is 30.5 Å². The molecule has 1 heterocycles. The lowest BCUT2D eigenvalue weighted by Gasteiger charge is -2.22. The fraction of sp³-hybridized carbons (Fsp3) is 0.389. The lowest BCUT2D eigenvalue weighted by Crippen LogP contribution is -2.32. The summed E-state index contributed by atoms with van der Waals surface area (Å²) in [5.41, 5.74) is 0.538. The van der Waals surface area contributed by atoms with Crippen LogP contribution in [0.3, 0.4) is 0 Å². The van der Waals surface area contributed by atoms with E-state index in [1.807, 2.05) is 12.1 Å². The van der Waals surface area contributed by atoms with Gasteiger partial charge in [-0.2, -0.15) is 0 Å². The maximum atomic E-state index is 12.0. The first-order chi connectivity index (χ1) is 12.4. The standard InChI is InChI=1S/C18H23ClN2O4S/c1-26(23,24)21(16-10-8-15(19)9-11-16)13-3-7-18(22)20-12-2-5-17-6-4-14-25-17/h4,6,8-11,14H,2-3,5,7,12-13H2,1H3,(H,20,22). The SMILES string of the molecule is CS(=O)(=O)N(CCCC(=O)NCCCc1ccco1)c1ccc(Cl)cc1. The fourth-order valence-corrected chi connectivity index (χ4v) is 3.60. The third kappa shape index (κ3) is 6.72. The van der Waals surface area contributed by atoms with Gasteiger partial charge in [0.05, 0.1) is 18.2 Å². The van der Waals surface area contributed by atoms with Crippen molar-refractivity contribution in [3.63, 3.8) is 0 Å². The molecule has 1 N–H and O–H groups in total. The summed E-state index contributed by atoms with van der Waals surface area (Å²) in [7, 11) is -3.43. The summed E-state index contributed by atoms with van der Waals surface area (Å²) >= 11 is 5.84. The van der Waals surface area contributed by atoms with E-state index in [-0.39, 0.29) is 18.9 Å². The van der Waals surface area contributed by atoms with E-state index >= 15 is 0 Å². The van der Waals surface area contributed by atoms with Gasteiger partial charge in [-0.1, -0.05) is 11.6 Å². The first-order valence-electron chi connectivity index (χ1n) is 8.38. The number of sulfonamides is 1. The van der Waals surface area contributed by atoms with Crippen LogP contribution in [0.25, 0.3) is 0 Å². The largest absolute Gasteiger partial charge is 0.469 e. The van der Waals surface area contributed by atoms with Crippen LogP contribution in [0.15, 0.2) is 47.1 Å². The zero-order valence-corrected chi connectivity index (χ0v) is 16.2. The maximum absolute atomic E-state index is 12.0. The van der Waals surface area contributed by atoms with Gasteiger partial charge in [-0.25, -0.2) is 8.42 Å². The predicted octanol–water partition coefficient (Wildman–Crippen LogP) is 3.23. The lowest BCUT2D eigenvalue weighted by molar-refractivity contribution is -0.121. The quantitative estimate of drug-likeness (QED) is 0.623. The van der Waals surface area contributed by atoms with Crippen LogP contribution < -0.4 is 9.62 Å². The molecule has 8 heteroatoms. The van der Waals surface area contributed by atoms with Crippen LogP contribution in [0.5, 0.6) is 0 Å².